The van der Waals surface area contributed by atoms with Crippen molar-refractivity contribution in [1.82, 2.24) is 4.90 Å². The highest BCUT2D eigenvalue weighted by atomic mass is 16.1. The molecule has 0 spiro atoms. The number of carbonyl (C=O) groups is 1. The number of ketones is 1. The van der Waals surface area contributed by atoms with Crippen LogP contribution in [0.25, 0.3) is 0 Å². The number of nitrogens with zero attached hydrogens (tertiary/aromatic N) is 1. The number of Topliss-reactive ketones (excluding diaryl/α,β-unsaturated/α-hetero) is 1. The number of unbranched alkanes of at least 4 members (excludes halogenated alkanes) is 2. The summed E-state index contributed by atoms with van der Waals surface area (Å²) in [6.45, 7) is 11.3. The van der Waals surface area contributed by atoms with Crippen molar-refractivity contribution in [3.05, 3.63) is 53.6 Å². The van der Waals surface area contributed by atoms with Gasteiger partial charge in [0.25, 0.3) is 0 Å². The summed E-state index contributed by atoms with van der Waals surface area (Å²) in [5.74, 6) is 0.105. The standard InChI is InChI=1S/C30H44N4O/c1-28(2)15-11-16-29(3,4)34(28)19-9-5-8-17-30(27(31)32)18-10-13-24(26(30)35)23-20-22-12-6-7-14-25(22)33-21-23/h6-7,10,12-14,18,23,33H,5,8-9,11,15-17,19-21H2,1-4H3,(H3,31,32). The molecule has 5 heteroatoms. The van der Waals surface area contributed by atoms with Crippen LogP contribution in [-0.2, 0) is 11.2 Å². The molecule has 2 aliphatic heterocycles. The number of nitrogens with two attached hydrogens (primary N) is 1. The van der Waals surface area contributed by atoms with E-state index in [1.165, 1.54) is 24.8 Å². The van der Waals surface area contributed by atoms with Gasteiger partial charge in [0.2, 0.25) is 0 Å². The van der Waals surface area contributed by atoms with E-state index in [0.29, 0.717) is 6.42 Å². The van der Waals surface area contributed by atoms with Gasteiger partial charge in [-0.15, -0.1) is 0 Å². The summed E-state index contributed by atoms with van der Waals surface area (Å²) < 4.78 is 0. The lowest BCUT2D eigenvalue weighted by atomic mass is 9.69. The van der Waals surface area contributed by atoms with E-state index in [4.69, 9.17) is 11.1 Å². The zero-order valence-corrected chi connectivity index (χ0v) is 22.1. The largest absolute Gasteiger partial charge is 0.387 e. The van der Waals surface area contributed by atoms with Crippen LogP contribution in [0.5, 0.6) is 0 Å². The van der Waals surface area contributed by atoms with E-state index in [1.807, 2.05) is 30.4 Å². The third-order valence-electron chi connectivity index (χ3n) is 8.76. The number of allylic oxidation sites excluding steroid dienone is 2. The van der Waals surface area contributed by atoms with Gasteiger partial charge in [-0.25, -0.2) is 0 Å². The molecule has 1 aromatic carbocycles. The van der Waals surface area contributed by atoms with Gasteiger partial charge >= 0.3 is 0 Å². The summed E-state index contributed by atoms with van der Waals surface area (Å²) in [4.78, 5) is 16.5. The Balaban J connectivity index is 1.37. The Kier molecular flexibility index (Phi) is 7.28. The minimum atomic E-state index is -0.995. The van der Waals surface area contributed by atoms with Crippen LogP contribution >= 0.6 is 0 Å². The van der Waals surface area contributed by atoms with Crippen LogP contribution in [0.2, 0.25) is 0 Å². The molecule has 4 rings (SSSR count). The SMILES string of the molecule is CC1(C)CCCC(C)(C)N1CCCCCC1(C(=N)N)C=CC=C(C2CNc3ccccc3C2)C1=O. The van der Waals surface area contributed by atoms with Gasteiger partial charge in [0.15, 0.2) is 5.78 Å². The predicted molar refractivity (Wildman–Crippen MR) is 146 cm³/mol. The van der Waals surface area contributed by atoms with Crippen molar-refractivity contribution in [2.24, 2.45) is 17.1 Å². The maximum atomic E-state index is 13.8. The van der Waals surface area contributed by atoms with E-state index in [1.54, 1.807) is 0 Å². The van der Waals surface area contributed by atoms with Crippen LogP contribution in [0.15, 0.2) is 48.1 Å². The van der Waals surface area contributed by atoms with E-state index < -0.39 is 5.41 Å². The first-order valence-corrected chi connectivity index (χ1v) is 13.5. The minimum absolute atomic E-state index is 0.0215. The molecular formula is C30H44N4O. The van der Waals surface area contributed by atoms with Crippen molar-refractivity contribution >= 4 is 17.3 Å². The van der Waals surface area contributed by atoms with E-state index in [9.17, 15) is 4.79 Å². The highest BCUT2D eigenvalue weighted by Gasteiger charge is 2.44. The minimum Gasteiger partial charge on any atom is -0.387 e. The topological polar surface area (TPSA) is 82.2 Å². The van der Waals surface area contributed by atoms with Crippen molar-refractivity contribution in [3.63, 3.8) is 0 Å². The molecule has 0 radical (unpaired) electrons. The number of likely N-dealkylation sites (tertiary alicyclic amines) is 1. The number of amidine groups is 1. The number of hydrogen-bond acceptors (Lipinski definition) is 4. The van der Waals surface area contributed by atoms with E-state index in [2.05, 4.69) is 50.0 Å². The molecule has 2 unspecified atom stereocenters. The van der Waals surface area contributed by atoms with Crippen molar-refractivity contribution in [1.29, 1.82) is 5.41 Å². The third-order valence-corrected chi connectivity index (χ3v) is 8.76. The zero-order valence-electron chi connectivity index (χ0n) is 22.1. The van der Waals surface area contributed by atoms with E-state index in [0.717, 1.165) is 50.0 Å². The van der Waals surface area contributed by atoms with Crippen molar-refractivity contribution in [2.75, 3.05) is 18.4 Å². The first-order valence-electron chi connectivity index (χ1n) is 13.5. The summed E-state index contributed by atoms with van der Waals surface area (Å²) in [6.07, 6.45) is 14.1. The maximum absolute atomic E-state index is 13.8. The lowest BCUT2D eigenvalue weighted by molar-refractivity contribution is -0.120. The number of piperidine rings is 1. The van der Waals surface area contributed by atoms with Crippen molar-refractivity contribution in [3.8, 4) is 0 Å². The zero-order chi connectivity index (χ0) is 25.3. The lowest BCUT2D eigenvalue weighted by Gasteiger charge is -2.53. The third kappa shape index (κ3) is 5.11. The van der Waals surface area contributed by atoms with Crippen LogP contribution in [0.3, 0.4) is 0 Å². The second kappa shape index (κ2) is 9.93. The average molecular weight is 477 g/mol. The summed E-state index contributed by atoms with van der Waals surface area (Å²) in [5, 5.41) is 11.9. The normalized spacial score (nSPS) is 27.6. The van der Waals surface area contributed by atoms with Gasteiger partial charge in [-0.2, -0.15) is 0 Å². The van der Waals surface area contributed by atoms with Crippen LogP contribution in [0.4, 0.5) is 5.69 Å². The van der Waals surface area contributed by atoms with Crippen molar-refractivity contribution < 1.29 is 4.79 Å². The van der Waals surface area contributed by atoms with Gasteiger partial charge in [0.1, 0.15) is 11.3 Å². The Hall–Kier alpha value is -2.40. The van der Waals surface area contributed by atoms with Gasteiger partial charge in [0, 0.05) is 34.8 Å². The number of para-hydroxylation sites is 1. The molecule has 1 aliphatic carbocycles. The van der Waals surface area contributed by atoms with Crippen molar-refractivity contribution in [2.45, 2.75) is 90.1 Å². The molecule has 2 atom stereocenters. The number of hydrogen-bond donors (Lipinski definition) is 3. The van der Waals surface area contributed by atoms with E-state index >= 15 is 0 Å². The quantitative estimate of drug-likeness (QED) is 0.249. The molecule has 190 valence electrons. The number of nitrogens with one attached hydrogen (secondary N) is 2. The molecule has 1 aromatic rings. The molecule has 3 aliphatic rings. The molecule has 1 saturated heterocycles. The van der Waals surface area contributed by atoms with Crippen LogP contribution in [0.1, 0.15) is 78.2 Å². The fourth-order valence-corrected chi connectivity index (χ4v) is 6.75. The molecular weight excluding hydrogens is 432 g/mol. The summed E-state index contributed by atoms with van der Waals surface area (Å²) in [7, 11) is 0. The Morgan fingerprint density at radius 1 is 1.11 bits per heavy atom. The number of fused-ring (bicyclic) bond motifs is 1. The fourth-order valence-electron chi connectivity index (χ4n) is 6.75. The molecule has 0 aromatic heterocycles. The lowest BCUT2D eigenvalue weighted by Crippen LogP contribution is -2.58. The number of benzene rings is 1. The molecule has 0 saturated carbocycles. The van der Waals surface area contributed by atoms with Gasteiger partial charge in [0.05, 0.1) is 0 Å². The van der Waals surface area contributed by atoms with E-state index in [-0.39, 0.29) is 28.6 Å². The number of anilines is 1. The molecule has 1 fully saturated rings. The Morgan fingerprint density at radius 2 is 1.83 bits per heavy atom. The Morgan fingerprint density at radius 3 is 2.54 bits per heavy atom. The highest BCUT2D eigenvalue weighted by molar-refractivity contribution is 6.17. The fraction of sp³-hybridized carbons (Fsp3) is 0.600. The summed E-state index contributed by atoms with van der Waals surface area (Å²) in [6, 6.07) is 8.30. The van der Waals surface area contributed by atoms with Gasteiger partial charge in [-0.05, 0) is 84.4 Å². The molecule has 4 N–H and O–H groups in total. The molecule has 35 heavy (non-hydrogen) atoms. The summed E-state index contributed by atoms with van der Waals surface area (Å²) in [5.41, 5.74) is 8.79. The number of rotatable bonds is 8. The van der Waals surface area contributed by atoms with Crippen LogP contribution in [0, 0.1) is 16.7 Å². The maximum Gasteiger partial charge on any atom is 0.176 e. The Labute approximate surface area is 211 Å². The van der Waals surface area contributed by atoms with Crippen LogP contribution < -0.4 is 11.1 Å². The predicted octanol–water partition coefficient (Wildman–Crippen LogP) is 5.86. The average Bonchev–Trinajstić information content (AvgIpc) is 2.80. The monoisotopic (exact) mass is 476 g/mol. The number of carbonyl (C=O) groups excluding carboxylic acids is 1. The first-order chi connectivity index (χ1) is 16.6. The molecule has 0 bridgehead atoms. The molecule has 0 amide bonds. The van der Waals surface area contributed by atoms with Gasteiger partial charge in [-0.3, -0.25) is 15.1 Å². The molecule has 5 nitrogen and oxygen atoms in total. The summed E-state index contributed by atoms with van der Waals surface area (Å²) >= 11 is 0. The van der Waals surface area contributed by atoms with Gasteiger partial charge < -0.3 is 11.1 Å². The van der Waals surface area contributed by atoms with Gasteiger partial charge in [-0.1, -0.05) is 49.3 Å². The Bertz CT molecular complexity index is 1000. The first kappa shape index (κ1) is 25.7. The highest BCUT2D eigenvalue weighted by Crippen LogP contribution is 2.40. The second-order valence-corrected chi connectivity index (χ2v) is 12.1. The smallest absolute Gasteiger partial charge is 0.176 e. The second-order valence-electron chi connectivity index (χ2n) is 12.1. The molecule has 2 heterocycles. The van der Waals surface area contributed by atoms with Crippen LogP contribution in [-0.4, -0.2) is 40.7 Å².